The summed E-state index contributed by atoms with van der Waals surface area (Å²) >= 11 is 0. The van der Waals surface area contributed by atoms with Crippen LogP contribution in [0.4, 0.5) is 0 Å². The Morgan fingerprint density at radius 3 is 2.79 bits per heavy atom. The van der Waals surface area contributed by atoms with Crippen LogP contribution in [-0.2, 0) is 17.9 Å². The van der Waals surface area contributed by atoms with Gasteiger partial charge < -0.3 is 14.9 Å². The van der Waals surface area contributed by atoms with Gasteiger partial charge in [-0.1, -0.05) is 18.2 Å². The van der Waals surface area contributed by atoms with Gasteiger partial charge in [-0.05, 0) is 43.0 Å². The summed E-state index contributed by atoms with van der Waals surface area (Å²) in [6, 6.07) is 12.0. The molecule has 2 aromatic heterocycles. The second-order valence-electron chi connectivity index (χ2n) is 6.04. The van der Waals surface area contributed by atoms with Crippen LogP contribution in [-0.4, -0.2) is 15.5 Å². The zero-order chi connectivity index (χ0) is 17.1. The van der Waals surface area contributed by atoms with Gasteiger partial charge in [0, 0.05) is 42.5 Å². The van der Waals surface area contributed by atoms with Crippen molar-refractivity contribution in [3.63, 3.8) is 0 Å². The van der Waals surface area contributed by atoms with E-state index in [2.05, 4.69) is 20.9 Å². The molecule has 2 heterocycles. The molecule has 5 nitrogen and oxygen atoms in total. The van der Waals surface area contributed by atoms with Crippen molar-refractivity contribution in [2.75, 3.05) is 0 Å². The lowest BCUT2D eigenvalue weighted by Crippen LogP contribution is -2.28. The van der Waals surface area contributed by atoms with Gasteiger partial charge >= 0.3 is 0 Å². The van der Waals surface area contributed by atoms with Crippen LogP contribution in [0.15, 0.2) is 47.4 Å². The monoisotopic (exact) mass is 323 g/mol. The van der Waals surface area contributed by atoms with Gasteiger partial charge in [0.25, 0.3) is 5.56 Å². The van der Waals surface area contributed by atoms with Gasteiger partial charge in [0.1, 0.15) is 0 Å². The number of pyridine rings is 1. The average molecular weight is 323 g/mol. The lowest BCUT2D eigenvalue weighted by Gasteiger charge is -2.09. The average Bonchev–Trinajstić information content (AvgIpc) is 2.95. The lowest BCUT2D eigenvalue weighted by molar-refractivity contribution is -0.121. The summed E-state index contributed by atoms with van der Waals surface area (Å²) in [6.45, 7) is 4.60. The fourth-order valence-electron chi connectivity index (χ4n) is 2.93. The first-order valence-corrected chi connectivity index (χ1v) is 8.04. The van der Waals surface area contributed by atoms with Crippen molar-refractivity contribution in [2.45, 2.75) is 33.4 Å². The number of nitrogens with one attached hydrogen (secondary N) is 2. The second-order valence-corrected chi connectivity index (χ2v) is 6.04. The van der Waals surface area contributed by atoms with E-state index in [1.165, 1.54) is 5.39 Å². The lowest BCUT2D eigenvalue weighted by atomic mass is 10.1. The third-order valence-electron chi connectivity index (χ3n) is 4.22. The number of carbonyl (C=O) groups excluding carboxylic acids is 1. The fraction of sp³-hybridized carbons (Fsp3) is 0.263. The van der Waals surface area contributed by atoms with Gasteiger partial charge in [0.05, 0.1) is 0 Å². The highest BCUT2D eigenvalue weighted by Crippen LogP contribution is 2.15. The number of aromatic amines is 1. The maximum absolute atomic E-state index is 12.1. The summed E-state index contributed by atoms with van der Waals surface area (Å²) in [5.74, 6) is -0.0628. The summed E-state index contributed by atoms with van der Waals surface area (Å²) in [6.07, 6.45) is 2.37. The minimum atomic E-state index is -0.135. The molecule has 0 bridgehead atoms. The van der Waals surface area contributed by atoms with Crippen LogP contribution in [0.5, 0.6) is 0 Å². The summed E-state index contributed by atoms with van der Waals surface area (Å²) in [5.41, 5.74) is 3.32. The number of aromatic nitrogens is 2. The first kappa shape index (κ1) is 16.1. The van der Waals surface area contributed by atoms with Crippen molar-refractivity contribution in [2.24, 2.45) is 0 Å². The number of aryl methyl sites for hydroxylation is 3. The Labute approximate surface area is 140 Å². The number of hydrogen-bond acceptors (Lipinski definition) is 2. The molecule has 5 heteroatoms. The van der Waals surface area contributed by atoms with E-state index in [9.17, 15) is 9.59 Å². The number of H-pyrrole nitrogens is 1. The molecule has 0 atom stereocenters. The molecule has 0 fully saturated rings. The van der Waals surface area contributed by atoms with Gasteiger partial charge in [-0.2, -0.15) is 0 Å². The molecule has 1 amide bonds. The molecule has 0 aliphatic rings. The number of fused-ring (bicyclic) bond motifs is 1. The molecule has 0 saturated heterocycles. The van der Waals surface area contributed by atoms with Crippen molar-refractivity contribution in [3.05, 3.63) is 69.8 Å². The molecule has 0 aliphatic carbocycles. The molecule has 24 heavy (non-hydrogen) atoms. The van der Waals surface area contributed by atoms with Crippen LogP contribution in [0.3, 0.4) is 0 Å². The highest BCUT2D eigenvalue weighted by atomic mass is 16.1. The van der Waals surface area contributed by atoms with Crippen LogP contribution in [0.25, 0.3) is 10.9 Å². The third-order valence-corrected chi connectivity index (χ3v) is 4.22. The molecular formula is C19H21N3O2. The number of amides is 1. The minimum absolute atomic E-state index is 0.0628. The molecule has 124 valence electrons. The highest BCUT2D eigenvalue weighted by molar-refractivity contribution is 5.80. The SMILES string of the molecule is Cc1cc(C)c(CNC(=O)CCn2ccc3ccccc32)c(=O)[nH]1. The molecule has 0 radical (unpaired) electrons. The number of carbonyl (C=O) groups is 1. The van der Waals surface area contributed by atoms with E-state index in [4.69, 9.17) is 0 Å². The van der Waals surface area contributed by atoms with Gasteiger partial charge in [-0.25, -0.2) is 0 Å². The standard InChI is InChI=1S/C19H21N3O2/c1-13-11-14(2)21-19(24)16(13)12-20-18(23)8-10-22-9-7-15-5-3-4-6-17(15)22/h3-7,9,11H,8,10,12H2,1-2H3,(H,20,23)(H,21,24). The zero-order valence-electron chi connectivity index (χ0n) is 13.9. The van der Waals surface area contributed by atoms with Gasteiger partial charge in [-0.15, -0.1) is 0 Å². The van der Waals surface area contributed by atoms with E-state index >= 15 is 0 Å². The third kappa shape index (κ3) is 3.40. The predicted octanol–water partition coefficient (Wildman–Crippen LogP) is 2.65. The summed E-state index contributed by atoms with van der Waals surface area (Å²) in [7, 11) is 0. The fourth-order valence-corrected chi connectivity index (χ4v) is 2.93. The highest BCUT2D eigenvalue weighted by Gasteiger charge is 2.08. The topological polar surface area (TPSA) is 66.9 Å². The first-order valence-electron chi connectivity index (χ1n) is 8.04. The maximum atomic E-state index is 12.1. The number of para-hydroxylation sites is 1. The smallest absolute Gasteiger partial charge is 0.253 e. The van der Waals surface area contributed by atoms with Crippen molar-refractivity contribution >= 4 is 16.8 Å². The minimum Gasteiger partial charge on any atom is -0.352 e. The van der Waals surface area contributed by atoms with Crippen molar-refractivity contribution in [3.8, 4) is 0 Å². The Balaban J connectivity index is 1.60. The van der Waals surface area contributed by atoms with Gasteiger partial charge in [0.15, 0.2) is 0 Å². The Morgan fingerprint density at radius 1 is 1.21 bits per heavy atom. The van der Waals surface area contributed by atoms with Crippen LogP contribution >= 0.6 is 0 Å². The van der Waals surface area contributed by atoms with E-state index in [0.717, 1.165) is 16.8 Å². The molecular weight excluding hydrogens is 302 g/mol. The predicted molar refractivity (Wildman–Crippen MR) is 94.9 cm³/mol. The first-order chi connectivity index (χ1) is 11.5. The largest absolute Gasteiger partial charge is 0.352 e. The molecule has 0 aliphatic heterocycles. The van der Waals surface area contributed by atoms with Crippen LogP contribution in [0.2, 0.25) is 0 Å². The number of hydrogen-bond donors (Lipinski definition) is 2. The van der Waals surface area contributed by atoms with E-state index in [1.54, 1.807) is 0 Å². The van der Waals surface area contributed by atoms with E-state index < -0.39 is 0 Å². The van der Waals surface area contributed by atoms with Gasteiger partial charge in [0.2, 0.25) is 5.91 Å². The van der Waals surface area contributed by atoms with E-state index in [1.807, 2.05) is 50.4 Å². The molecule has 0 unspecified atom stereocenters. The second kappa shape index (κ2) is 6.74. The molecule has 1 aromatic carbocycles. The number of nitrogens with zero attached hydrogens (tertiary/aromatic N) is 1. The maximum Gasteiger partial charge on any atom is 0.253 e. The Bertz CT molecular complexity index is 937. The van der Waals surface area contributed by atoms with Crippen LogP contribution in [0, 0.1) is 13.8 Å². The summed E-state index contributed by atoms with van der Waals surface area (Å²) in [5, 5.41) is 4.00. The Morgan fingerprint density at radius 2 is 2.00 bits per heavy atom. The van der Waals surface area contributed by atoms with Crippen molar-refractivity contribution in [1.82, 2.24) is 14.9 Å². The number of rotatable bonds is 5. The van der Waals surface area contributed by atoms with Crippen LogP contribution in [0.1, 0.15) is 23.2 Å². The van der Waals surface area contributed by atoms with Crippen molar-refractivity contribution in [1.29, 1.82) is 0 Å². The molecule has 3 rings (SSSR count). The Kier molecular flexibility index (Phi) is 4.51. The molecule has 3 aromatic rings. The van der Waals surface area contributed by atoms with E-state index in [0.29, 0.717) is 18.5 Å². The number of benzene rings is 1. The zero-order valence-corrected chi connectivity index (χ0v) is 13.9. The molecule has 0 saturated carbocycles. The Hall–Kier alpha value is -2.82. The molecule has 0 spiro atoms. The van der Waals surface area contributed by atoms with E-state index in [-0.39, 0.29) is 18.0 Å². The quantitative estimate of drug-likeness (QED) is 0.758. The van der Waals surface area contributed by atoms with Crippen LogP contribution < -0.4 is 10.9 Å². The molecule has 2 N–H and O–H groups in total. The normalized spacial score (nSPS) is 10.9. The summed E-state index contributed by atoms with van der Waals surface area (Å²) < 4.78 is 2.07. The summed E-state index contributed by atoms with van der Waals surface area (Å²) in [4.78, 5) is 26.8. The van der Waals surface area contributed by atoms with Crippen molar-refractivity contribution < 1.29 is 4.79 Å². The van der Waals surface area contributed by atoms with Gasteiger partial charge in [-0.3, -0.25) is 9.59 Å².